The van der Waals surface area contributed by atoms with Gasteiger partial charge in [-0.1, -0.05) is 0 Å². The maximum atomic E-state index is 12.4. The van der Waals surface area contributed by atoms with Gasteiger partial charge in [-0.3, -0.25) is 0 Å². The molecule has 0 atom stereocenters. The van der Waals surface area contributed by atoms with E-state index in [1.807, 2.05) is 0 Å². The van der Waals surface area contributed by atoms with Crippen molar-refractivity contribution in [1.29, 1.82) is 0 Å². The van der Waals surface area contributed by atoms with Crippen LogP contribution in [0.25, 0.3) is 0 Å². The molecule has 0 radical (unpaired) electrons. The normalized spacial score (nSPS) is 11.7. The molecule has 0 aliphatic carbocycles. The predicted octanol–water partition coefficient (Wildman–Crippen LogP) is 2.22. The molecule has 0 spiro atoms. The summed E-state index contributed by atoms with van der Waals surface area (Å²) in [5, 5.41) is 0.198. The minimum absolute atomic E-state index is 0.0206. The van der Waals surface area contributed by atoms with Gasteiger partial charge in [0.25, 0.3) is 5.22 Å². The third-order valence-corrected chi connectivity index (χ3v) is 2.37. The van der Waals surface area contributed by atoms with E-state index in [4.69, 9.17) is 10.2 Å². The Labute approximate surface area is 97.3 Å². The number of nitrogens with two attached hydrogens (primary N) is 1. The van der Waals surface area contributed by atoms with Crippen molar-refractivity contribution in [3.8, 4) is 0 Å². The fraction of sp³-hybridized carbons (Fsp3) is 0.125. The summed E-state index contributed by atoms with van der Waals surface area (Å²) in [6, 6.07) is 1.21. The van der Waals surface area contributed by atoms with E-state index < -0.39 is 12.0 Å². The lowest BCUT2D eigenvalue weighted by molar-refractivity contribution is -0.145. The van der Waals surface area contributed by atoms with Gasteiger partial charge in [0.05, 0.1) is 6.20 Å². The lowest BCUT2D eigenvalue weighted by Crippen LogP contribution is -2.12. The van der Waals surface area contributed by atoms with Crippen molar-refractivity contribution in [1.82, 2.24) is 15.0 Å². The number of alkyl halides is 3. The van der Waals surface area contributed by atoms with Crippen LogP contribution in [0.15, 0.2) is 33.2 Å². The van der Waals surface area contributed by atoms with E-state index in [0.717, 1.165) is 11.8 Å². The van der Waals surface area contributed by atoms with E-state index >= 15 is 0 Å². The molecule has 90 valence electrons. The van der Waals surface area contributed by atoms with Crippen LogP contribution in [0, 0.1) is 0 Å². The first-order valence-corrected chi connectivity index (χ1v) is 5.06. The van der Waals surface area contributed by atoms with E-state index in [9.17, 15) is 13.2 Å². The van der Waals surface area contributed by atoms with Crippen molar-refractivity contribution in [3.63, 3.8) is 0 Å². The fourth-order valence-corrected chi connectivity index (χ4v) is 1.68. The zero-order valence-corrected chi connectivity index (χ0v) is 8.92. The molecule has 0 unspecified atom stereocenters. The van der Waals surface area contributed by atoms with Gasteiger partial charge in [0, 0.05) is 6.07 Å². The number of nitrogen functional groups attached to an aromatic ring is 1. The van der Waals surface area contributed by atoms with E-state index in [1.54, 1.807) is 0 Å². The fourth-order valence-electron chi connectivity index (χ4n) is 0.972. The molecule has 0 aromatic carbocycles. The van der Waals surface area contributed by atoms with Crippen molar-refractivity contribution in [3.05, 3.63) is 24.4 Å². The van der Waals surface area contributed by atoms with Gasteiger partial charge in [0.2, 0.25) is 5.82 Å². The SMILES string of the molecule is Nc1cc(Sc2ncco2)nc(C(F)(F)F)n1. The van der Waals surface area contributed by atoms with Gasteiger partial charge >= 0.3 is 6.18 Å². The highest BCUT2D eigenvalue weighted by molar-refractivity contribution is 7.99. The maximum absolute atomic E-state index is 12.4. The molecule has 0 amide bonds. The number of halogens is 3. The van der Waals surface area contributed by atoms with Gasteiger partial charge in [-0.05, 0) is 11.8 Å². The van der Waals surface area contributed by atoms with E-state index in [1.165, 1.54) is 18.5 Å². The molecular formula is C8H5F3N4OS. The Kier molecular flexibility index (Phi) is 2.92. The number of hydrogen-bond donors (Lipinski definition) is 1. The maximum Gasteiger partial charge on any atom is 0.451 e. The number of nitrogens with zero attached hydrogens (tertiary/aromatic N) is 3. The van der Waals surface area contributed by atoms with Crippen molar-refractivity contribution in [2.75, 3.05) is 5.73 Å². The average molecular weight is 262 g/mol. The van der Waals surface area contributed by atoms with Gasteiger partial charge in [-0.25, -0.2) is 15.0 Å². The summed E-state index contributed by atoms with van der Waals surface area (Å²) < 4.78 is 42.1. The second kappa shape index (κ2) is 4.24. The number of rotatable bonds is 2. The first-order chi connectivity index (χ1) is 7.95. The summed E-state index contributed by atoms with van der Waals surface area (Å²) in [6.45, 7) is 0. The van der Waals surface area contributed by atoms with E-state index in [0.29, 0.717) is 0 Å². The summed E-state index contributed by atoms with van der Waals surface area (Å²) in [7, 11) is 0. The van der Waals surface area contributed by atoms with Crippen LogP contribution < -0.4 is 5.73 Å². The molecule has 5 nitrogen and oxygen atoms in total. The zero-order valence-electron chi connectivity index (χ0n) is 8.10. The van der Waals surface area contributed by atoms with Crippen LogP contribution >= 0.6 is 11.8 Å². The van der Waals surface area contributed by atoms with Crippen LogP contribution in [0.1, 0.15) is 5.82 Å². The summed E-state index contributed by atoms with van der Waals surface area (Å²) >= 11 is 0.830. The topological polar surface area (TPSA) is 77.8 Å². The van der Waals surface area contributed by atoms with Crippen molar-refractivity contribution < 1.29 is 17.6 Å². The Morgan fingerprint density at radius 2 is 2.06 bits per heavy atom. The molecule has 2 aromatic rings. The smallest absolute Gasteiger partial charge is 0.440 e. The first-order valence-electron chi connectivity index (χ1n) is 4.24. The quantitative estimate of drug-likeness (QED) is 0.836. The summed E-state index contributed by atoms with van der Waals surface area (Å²) in [6.07, 6.45) is -1.96. The van der Waals surface area contributed by atoms with Crippen LogP contribution in [-0.4, -0.2) is 15.0 Å². The van der Waals surface area contributed by atoms with Crippen LogP contribution in [0.4, 0.5) is 19.0 Å². The first kappa shape index (κ1) is 11.7. The number of anilines is 1. The van der Waals surface area contributed by atoms with Crippen LogP contribution in [0.5, 0.6) is 0 Å². The summed E-state index contributed by atoms with van der Waals surface area (Å²) in [4.78, 5) is 10.2. The summed E-state index contributed by atoms with van der Waals surface area (Å²) in [5.74, 6) is -1.55. The molecule has 2 aromatic heterocycles. The molecule has 17 heavy (non-hydrogen) atoms. The van der Waals surface area contributed by atoms with Crippen molar-refractivity contribution in [2.24, 2.45) is 0 Å². The highest BCUT2D eigenvalue weighted by atomic mass is 32.2. The third-order valence-electron chi connectivity index (χ3n) is 1.58. The summed E-state index contributed by atoms with van der Waals surface area (Å²) in [5.41, 5.74) is 5.27. The van der Waals surface area contributed by atoms with Crippen LogP contribution in [-0.2, 0) is 6.18 Å². The van der Waals surface area contributed by atoms with Crippen molar-refractivity contribution >= 4 is 17.6 Å². The van der Waals surface area contributed by atoms with Crippen LogP contribution in [0.3, 0.4) is 0 Å². The average Bonchev–Trinajstić information content (AvgIpc) is 2.68. The van der Waals surface area contributed by atoms with Gasteiger partial charge in [-0.15, -0.1) is 0 Å². The number of oxazole rings is 1. The van der Waals surface area contributed by atoms with Crippen LogP contribution in [0.2, 0.25) is 0 Å². The van der Waals surface area contributed by atoms with Crippen molar-refractivity contribution in [2.45, 2.75) is 16.4 Å². The Bertz CT molecular complexity index is 514. The van der Waals surface area contributed by atoms with Gasteiger partial charge < -0.3 is 10.2 Å². The molecule has 2 heterocycles. The van der Waals surface area contributed by atoms with E-state index in [-0.39, 0.29) is 16.1 Å². The highest BCUT2D eigenvalue weighted by Gasteiger charge is 2.35. The molecule has 0 bridgehead atoms. The standard InChI is InChI=1S/C8H5F3N4OS/c9-8(10,11)6-14-4(12)3-5(15-6)17-7-13-1-2-16-7/h1-3H,(H2,12,14,15). The lowest BCUT2D eigenvalue weighted by atomic mass is 10.5. The molecule has 0 aliphatic rings. The Hall–Kier alpha value is -1.77. The Morgan fingerprint density at radius 3 is 2.65 bits per heavy atom. The zero-order chi connectivity index (χ0) is 12.5. The lowest BCUT2D eigenvalue weighted by Gasteiger charge is -2.06. The number of aromatic nitrogens is 3. The van der Waals surface area contributed by atoms with Gasteiger partial charge in [0.1, 0.15) is 17.1 Å². The minimum atomic E-state index is -4.64. The molecule has 9 heteroatoms. The molecule has 0 saturated heterocycles. The van der Waals surface area contributed by atoms with E-state index in [2.05, 4.69) is 15.0 Å². The van der Waals surface area contributed by atoms with Gasteiger partial charge in [0.15, 0.2) is 0 Å². The molecular weight excluding hydrogens is 257 g/mol. The third kappa shape index (κ3) is 2.87. The number of hydrogen-bond acceptors (Lipinski definition) is 6. The Morgan fingerprint density at radius 1 is 1.29 bits per heavy atom. The largest absolute Gasteiger partial charge is 0.451 e. The molecule has 0 fully saturated rings. The highest BCUT2D eigenvalue weighted by Crippen LogP contribution is 2.31. The monoisotopic (exact) mass is 262 g/mol. The molecule has 2 N–H and O–H groups in total. The molecule has 0 aliphatic heterocycles. The molecule has 0 saturated carbocycles. The van der Waals surface area contributed by atoms with Gasteiger partial charge in [-0.2, -0.15) is 13.2 Å². The molecule has 2 rings (SSSR count). The predicted molar refractivity (Wildman–Crippen MR) is 52.1 cm³/mol. The second-order valence-corrected chi connectivity index (χ2v) is 3.82. The second-order valence-electron chi connectivity index (χ2n) is 2.85. The minimum Gasteiger partial charge on any atom is -0.440 e. The Balaban J connectivity index is 2.32.